The van der Waals surface area contributed by atoms with E-state index < -0.39 is 5.97 Å². The Hall–Kier alpha value is -4.51. The second kappa shape index (κ2) is 9.77. The second-order valence-corrected chi connectivity index (χ2v) is 8.26. The topological polar surface area (TPSA) is 142 Å². The van der Waals surface area contributed by atoms with Crippen LogP contribution in [0.15, 0.2) is 61.2 Å². The molecule has 3 N–H and O–H groups in total. The molecule has 35 heavy (non-hydrogen) atoms. The molecule has 0 radical (unpaired) electrons. The Bertz CT molecular complexity index is 1360. The Balaban J connectivity index is 1.25. The quantitative estimate of drug-likeness (QED) is 0.350. The lowest BCUT2D eigenvalue weighted by Gasteiger charge is -2.36. The molecule has 4 aromatic heterocycles. The van der Waals surface area contributed by atoms with Crippen LogP contribution in [0.25, 0.3) is 11.5 Å². The lowest BCUT2D eigenvalue weighted by molar-refractivity contribution is -0.147. The first-order valence-electron chi connectivity index (χ1n) is 11.0. The maximum Gasteiger partial charge on any atom is 0.309 e. The van der Waals surface area contributed by atoms with Crippen molar-refractivity contribution in [1.82, 2.24) is 34.8 Å². The van der Waals surface area contributed by atoms with Crippen molar-refractivity contribution in [3.05, 3.63) is 72.4 Å². The lowest BCUT2D eigenvalue weighted by Crippen LogP contribution is -2.49. The van der Waals surface area contributed by atoms with E-state index in [9.17, 15) is 4.79 Å². The Labute approximate surface area is 201 Å². The van der Waals surface area contributed by atoms with Gasteiger partial charge in [-0.05, 0) is 42.8 Å². The van der Waals surface area contributed by atoms with Gasteiger partial charge in [-0.25, -0.2) is 19.9 Å². The summed E-state index contributed by atoms with van der Waals surface area (Å²) in [6.45, 7) is 3.66. The SMILES string of the molecule is Cc1cccc(-c2nccc(Nc3ccnc(Nc4cncc(CN5CC(C(=O)O)C5)c4)n3)n2)n1. The smallest absolute Gasteiger partial charge is 0.309 e. The van der Waals surface area contributed by atoms with Gasteiger partial charge in [0.25, 0.3) is 0 Å². The fraction of sp³-hybridized carbons (Fsp3) is 0.208. The number of anilines is 4. The summed E-state index contributed by atoms with van der Waals surface area (Å²) >= 11 is 0. The lowest BCUT2D eigenvalue weighted by atomic mass is 10.00. The normalized spacial score (nSPS) is 13.7. The number of likely N-dealkylation sites (tertiary alicyclic amines) is 1. The predicted molar refractivity (Wildman–Crippen MR) is 129 cm³/mol. The van der Waals surface area contributed by atoms with Crippen molar-refractivity contribution in [1.29, 1.82) is 0 Å². The first-order chi connectivity index (χ1) is 17.0. The third kappa shape index (κ3) is 5.53. The van der Waals surface area contributed by atoms with Gasteiger partial charge in [-0.2, -0.15) is 4.98 Å². The number of nitrogens with zero attached hydrogens (tertiary/aromatic N) is 7. The number of carboxylic acids is 1. The highest BCUT2D eigenvalue weighted by Gasteiger charge is 2.32. The molecule has 0 aromatic carbocycles. The molecular weight excluding hydrogens is 446 g/mol. The number of rotatable bonds is 8. The van der Waals surface area contributed by atoms with E-state index in [1.165, 1.54) is 0 Å². The summed E-state index contributed by atoms with van der Waals surface area (Å²) in [4.78, 5) is 39.5. The van der Waals surface area contributed by atoms with Gasteiger partial charge in [0.15, 0.2) is 5.82 Å². The number of pyridine rings is 2. The zero-order valence-electron chi connectivity index (χ0n) is 19.0. The highest BCUT2D eigenvalue weighted by molar-refractivity contribution is 5.71. The van der Waals surface area contributed by atoms with Gasteiger partial charge in [0, 0.05) is 43.9 Å². The van der Waals surface area contributed by atoms with E-state index >= 15 is 0 Å². The Morgan fingerprint density at radius 1 is 1.03 bits per heavy atom. The summed E-state index contributed by atoms with van der Waals surface area (Å²) in [7, 11) is 0. The molecule has 5 heterocycles. The van der Waals surface area contributed by atoms with Crippen LogP contribution in [-0.4, -0.2) is 59.0 Å². The van der Waals surface area contributed by atoms with Crippen LogP contribution in [0.5, 0.6) is 0 Å². The van der Waals surface area contributed by atoms with Crippen molar-refractivity contribution in [2.75, 3.05) is 23.7 Å². The highest BCUT2D eigenvalue weighted by atomic mass is 16.4. The van der Waals surface area contributed by atoms with Crippen LogP contribution in [0, 0.1) is 12.8 Å². The monoisotopic (exact) mass is 469 g/mol. The van der Waals surface area contributed by atoms with Crippen molar-refractivity contribution in [2.45, 2.75) is 13.5 Å². The maximum absolute atomic E-state index is 11.0. The molecule has 11 nitrogen and oxygen atoms in total. The van der Waals surface area contributed by atoms with Crippen LogP contribution in [-0.2, 0) is 11.3 Å². The largest absolute Gasteiger partial charge is 0.481 e. The summed E-state index contributed by atoms with van der Waals surface area (Å²) in [5.41, 5.74) is 3.31. The van der Waals surface area contributed by atoms with Crippen LogP contribution in [0.3, 0.4) is 0 Å². The third-order valence-electron chi connectivity index (χ3n) is 5.45. The average Bonchev–Trinajstić information content (AvgIpc) is 2.82. The molecule has 0 spiro atoms. The number of hydrogen-bond acceptors (Lipinski definition) is 10. The number of aliphatic carboxylic acids is 1. The molecule has 5 rings (SSSR count). The summed E-state index contributed by atoms with van der Waals surface area (Å²) in [5, 5.41) is 15.4. The van der Waals surface area contributed by atoms with Crippen LogP contribution in [0.2, 0.25) is 0 Å². The first-order valence-corrected chi connectivity index (χ1v) is 11.0. The number of carboxylic acid groups (broad SMARTS) is 1. The molecule has 1 fully saturated rings. The molecular formula is C24H23N9O2. The molecule has 0 bridgehead atoms. The van der Waals surface area contributed by atoms with Gasteiger partial charge in [-0.3, -0.25) is 14.7 Å². The molecule has 1 aliphatic rings. The zero-order valence-corrected chi connectivity index (χ0v) is 19.0. The maximum atomic E-state index is 11.0. The second-order valence-electron chi connectivity index (χ2n) is 8.26. The van der Waals surface area contributed by atoms with E-state index in [1.807, 2.05) is 31.2 Å². The van der Waals surface area contributed by atoms with Crippen LogP contribution >= 0.6 is 0 Å². The summed E-state index contributed by atoms with van der Waals surface area (Å²) in [6, 6.07) is 11.2. The molecule has 1 aliphatic heterocycles. The Kier molecular flexibility index (Phi) is 6.22. The van der Waals surface area contributed by atoms with Crippen molar-refractivity contribution in [3.8, 4) is 11.5 Å². The van der Waals surface area contributed by atoms with Crippen LogP contribution < -0.4 is 10.6 Å². The number of hydrogen-bond donors (Lipinski definition) is 3. The van der Waals surface area contributed by atoms with E-state index in [0.717, 1.165) is 16.9 Å². The molecule has 176 valence electrons. The third-order valence-corrected chi connectivity index (χ3v) is 5.45. The molecule has 0 saturated carbocycles. The minimum absolute atomic E-state index is 0.285. The van der Waals surface area contributed by atoms with Gasteiger partial charge in [0.2, 0.25) is 5.95 Å². The molecule has 0 amide bonds. The molecule has 1 saturated heterocycles. The highest BCUT2D eigenvalue weighted by Crippen LogP contribution is 2.22. The predicted octanol–water partition coefficient (Wildman–Crippen LogP) is 3.04. The van der Waals surface area contributed by atoms with Crippen LogP contribution in [0.4, 0.5) is 23.3 Å². The van der Waals surface area contributed by atoms with E-state index in [2.05, 4.69) is 45.4 Å². The summed E-state index contributed by atoms with van der Waals surface area (Å²) < 4.78 is 0. The van der Waals surface area contributed by atoms with Crippen LogP contribution in [0.1, 0.15) is 11.3 Å². The van der Waals surface area contributed by atoms with Gasteiger partial charge in [-0.15, -0.1) is 0 Å². The molecule has 0 aliphatic carbocycles. The Morgan fingerprint density at radius 3 is 2.63 bits per heavy atom. The molecule has 0 atom stereocenters. The van der Waals surface area contributed by atoms with Gasteiger partial charge in [0.1, 0.15) is 17.3 Å². The minimum atomic E-state index is -0.745. The zero-order chi connectivity index (χ0) is 24.2. The fourth-order valence-corrected chi connectivity index (χ4v) is 3.72. The molecule has 11 heteroatoms. The number of carbonyl (C=O) groups is 1. The van der Waals surface area contributed by atoms with E-state index in [-0.39, 0.29) is 5.92 Å². The minimum Gasteiger partial charge on any atom is -0.481 e. The van der Waals surface area contributed by atoms with Crippen molar-refractivity contribution in [3.63, 3.8) is 0 Å². The summed E-state index contributed by atoms with van der Waals surface area (Å²) in [5.74, 6) is 1.04. The fourth-order valence-electron chi connectivity index (χ4n) is 3.72. The van der Waals surface area contributed by atoms with Crippen molar-refractivity contribution >= 4 is 29.2 Å². The number of aromatic nitrogens is 6. The van der Waals surface area contributed by atoms with Gasteiger partial charge in [0.05, 0.1) is 17.8 Å². The van der Waals surface area contributed by atoms with Gasteiger partial charge >= 0.3 is 5.97 Å². The van der Waals surface area contributed by atoms with E-state index in [0.29, 0.717) is 48.7 Å². The number of aryl methyl sites for hydroxylation is 1. The standard InChI is InChI=1S/C24H23N9O2/c1-15-3-2-4-19(28-15)22-26-7-5-20(31-22)30-21-6-8-27-24(32-21)29-18-9-16(10-25-11-18)12-33-13-17(14-33)23(34)35/h2-11,17H,12-14H2,1H3,(H,34,35)(H2,26,27,29,30,31,32). The van der Waals surface area contributed by atoms with Crippen molar-refractivity contribution in [2.24, 2.45) is 5.92 Å². The first kappa shape index (κ1) is 22.3. The van der Waals surface area contributed by atoms with E-state index in [4.69, 9.17) is 5.11 Å². The molecule has 0 unspecified atom stereocenters. The van der Waals surface area contributed by atoms with Gasteiger partial charge in [-0.1, -0.05) is 6.07 Å². The van der Waals surface area contributed by atoms with Gasteiger partial charge < -0.3 is 15.7 Å². The number of nitrogens with one attached hydrogen (secondary N) is 2. The molecule has 4 aromatic rings. The summed E-state index contributed by atoms with van der Waals surface area (Å²) in [6.07, 6.45) is 6.77. The Morgan fingerprint density at radius 2 is 1.83 bits per heavy atom. The average molecular weight is 470 g/mol. The van der Waals surface area contributed by atoms with E-state index in [1.54, 1.807) is 36.9 Å². The van der Waals surface area contributed by atoms with Crippen molar-refractivity contribution < 1.29 is 9.90 Å².